The Labute approximate surface area is 369 Å². The maximum Gasteiger partial charge on any atom is 0.306 e. The highest BCUT2D eigenvalue weighted by molar-refractivity contribution is 5.69. The lowest BCUT2D eigenvalue weighted by atomic mass is 9.78. The summed E-state index contributed by atoms with van der Waals surface area (Å²) in [6.45, 7) is 28.4. The summed E-state index contributed by atoms with van der Waals surface area (Å²) in [7, 11) is 0. The summed E-state index contributed by atoms with van der Waals surface area (Å²) in [5, 5.41) is 21.6. The molecule has 0 aliphatic carbocycles. The number of aromatic hydroxyl groups is 2. The number of hydrogen-bond acceptors (Lipinski definition) is 4. The highest BCUT2D eigenvalue weighted by atomic mass is 16.5. The van der Waals surface area contributed by atoms with Gasteiger partial charge in [-0.3, -0.25) is 4.79 Å². The normalized spacial score (nSPS) is 12.3. The fourth-order valence-electron chi connectivity index (χ4n) is 7.91. The Morgan fingerprint density at radius 3 is 1.15 bits per heavy atom. The van der Waals surface area contributed by atoms with E-state index >= 15 is 0 Å². The van der Waals surface area contributed by atoms with E-state index in [-0.39, 0.29) is 27.6 Å². The number of phenolic OH excluding ortho intramolecular Hbond substituents is 2. The fraction of sp³-hybridized carbons (Fsp3) is 0.661. The molecule has 4 heteroatoms. The first-order chi connectivity index (χ1) is 28.1. The molecular weight excluding hydrogens is 737 g/mol. The maximum absolute atomic E-state index is 12.3. The van der Waals surface area contributed by atoms with Crippen molar-refractivity contribution >= 4 is 5.97 Å². The summed E-state index contributed by atoms with van der Waals surface area (Å²) in [4.78, 5) is 12.3. The van der Waals surface area contributed by atoms with Crippen LogP contribution in [0.15, 0.2) is 54.6 Å². The topological polar surface area (TPSA) is 66.8 Å². The van der Waals surface area contributed by atoms with E-state index in [1.807, 2.05) is 6.07 Å². The van der Waals surface area contributed by atoms with Crippen LogP contribution in [0, 0.1) is 0 Å². The van der Waals surface area contributed by atoms with Crippen molar-refractivity contribution < 1.29 is 19.7 Å². The number of phenols is 2. The zero-order valence-electron chi connectivity index (χ0n) is 41.0. The molecule has 3 rings (SSSR count). The van der Waals surface area contributed by atoms with E-state index in [0.29, 0.717) is 30.9 Å². The van der Waals surface area contributed by atoms with Gasteiger partial charge in [0.25, 0.3) is 0 Å². The van der Waals surface area contributed by atoms with Gasteiger partial charge in [0.1, 0.15) is 11.5 Å². The van der Waals surface area contributed by atoms with Gasteiger partial charge in [0.05, 0.1) is 6.61 Å². The van der Waals surface area contributed by atoms with Gasteiger partial charge in [0, 0.05) is 6.42 Å². The summed E-state index contributed by atoms with van der Waals surface area (Å²) in [5.41, 5.74) is 7.15. The zero-order chi connectivity index (χ0) is 45.0. The number of hydrogen-bond donors (Lipinski definition) is 2. The third-order valence-corrected chi connectivity index (χ3v) is 11.7. The molecule has 0 bridgehead atoms. The van der Waals surface area contributed by atoms with Gasteiger partial charge < -0.3 is 14.9 Å². The van der Waals surface area contributed by atoms with Gasteiger partial charge in [-0.05, 0) is 79.9 Å². The zero-order valence-corrected chi connectivity index (χ0v) is 41.0. The highest BCUT2D eigenvalue weighted by Gasteiger charge is 2.28. The summed E-state index contributed by atoms with van der Waals surface area (Å²) in [5.74, 6) is 0.727. The van der Waals surface area contributed by atoms with Crippen molar-refractivity contribution in [2.24, 2.45) is 0 Å². The van der Waals surface area contributed by atoms with Gasteiger partial charge in [-0.2, -0.15) is 0 Å². The molecule has 0 radical (unpaired) electrons. The molecule has 0 amide bonds. The Morgan fingerprint density at radius 2 is 0.800 bits per heavy atom. The predicted molar refractivity (Wildman–Crippen MR) is 259 cm³/mol. The van der Waals surface area contributed by atoms with Gasteiger partial charge in [-0.1, -0.05) is 241 Å². The molecule has 0 heterocycles. The van der Waals surface area contributed by atoms with Crippen LogP contribution < -0.4 is 0 Å². The van der Waals surface area contributed by atoms with Crippen LogP contribution >= 0.6 is 0 Å². The molecule has 338 valence electrons. The molecule has 0 unspecified atom stereocenters. The quantitative estimate of drug-likeness (QED) is 0.0782. The Bertz CT molecular complexity index is 1590. The minimum Gasteiger partial charge on any atom is -0.507 e. The van der Waals surface area contributed by atoms with E-state index in [4.69, 9.17) is 4.74 Å². The molecular formula is C56H90O4. The van der Waals surface area contributed by atoms with Gasteiger partial charge in [-0.25, -0.2) is 0 Å². The first-order valence-electron chi connectivity index (χ1n) is 24.0. The number of benzene rings is 3. The van der Waals surface area contributed by atoms with Gasteiger partial charge in [0.2, 0.25) is 0 Å². The first kappa shape index (κ1) is 52.9. The van der Waals surface area contributed by atoms with Crippen LogP contribution in [-0.2, 0) is 44.0 Å². The lowest BCUT2D eigenvalue weighted by molar-refractivity contribution is -0.143. The van der Waals surface area contributed by atoms with Gasteiger partial charge in [0.15, 0.2) is 0 Å². The molecule has 3 aromatic rings. The largest absolute Gasteiger partial charge is 0.507 e. The third kappa shape index (κ3) is 20.1. The molecule has 3 aromatic carbocycles. The number of unbranched alkanes of at least 4 members (excludes halogenated alkanes) is 15. The number of rotatable bonds is 22. The molecule has 0 atom stereocenters. The van der Waals surface area contributed by atoms with E-state index in [1.54, 1.807) is 0 Å². The average Bonchev–Trinajstić information content (AvgIpc) is 3.15. The number of esters is 1. The summed E-state index contributed by atoms with van der Waals surface area (Å²) < 4.78 is 5.51. The summed E-state index contributed by atoms with van der Waals surface area (Å²) >= 11 is 0. The Morgan fingerprint density at radius 1 is 0.467 bits per heavy atom. The molecule has 0 fully saturated rings. The van der Waals surface area contributed by atoms with Crippen LogP contribution in [0.25, 0.3) is 0 Å². The van der Waals surface area contributed by atoms with Crippen molar-refractivity contribution in [3.8, 4) is 11.5 Å². The second kappa shape index (κ2) is 25.6. The fourth-order valence-corrected chi connectivity index (χ4v) is 7.91. The molecule has 0 saturated carbocycles. The molecule has 0 saturated heterocycles. The smallest absolute Gasteiger partial charge is 0.306 e. The van der Waals surface area contributed by atoms with Crippen LogP contribution in [0.5, 0.6) is 11.5 Å². The summed E-state index contributed by atoms with van der Waals surface area (Å²) in [6, 6.07) is 19.0. The van der Waals surface area contributed by atoms with E-state index in [2.05, 4.69) is 139 Å². The Hall–Kier alpha value is -3.27. The Balaban J connectivity index is 0.000000474. The minimum atomic E-state index is -0.159. The van der Waals surface area contributed by atoms with Gasteiger partial charge >= 0.3 is 5.97 Å². The molecule has 60 heavy (non-hydrogen) atoms. The second-order valence-electron chi connectivity index (χ2n) is 21.8. The van der Waals surface area contributed by atoms with E-state index in [0.717, 1.165) is 47.1 Å². The molecule has 0 spiro atoms. The van der Waals surface area contributed by atoms with Crippen molar-refractivity contribution in [1.82, 2.24) is 0 Å². The van der Waals surface area contributed by atoms with Crippen LogP contribution in [0.3, 0.4) is 0 Å². The predicted octanol–water partition coefficient (Wildman–Crippen LogP) is 16.3. The Kier molecular flexibility index (Phi) is 22.6. The minimum absolute atomic E-state index is 0.0726. The molecule has 0 aliphatic rings. The highest BCUT2D eigenvalue weighted by Crippen LogP contribution is 2.41. The lowest BCUT2D eigenvalue weighted by Gasteiger charge is -2.28. The first-order valence-corrected chi connectivity index (χ1v) is 24.0. The lowest BCUT2D eigenvalue weighted by Crippen LogP contribution is -2.18. The molecule has 0 aliphatic heterocycles. The molecule has 4 nitrogen and oxygen atoms in total. The number of ether oxygens (including phenoxy) is 1. The van der Waals surface area contributed by atoms with Crippen molar-refractivity contribution in [3.63, 3.8) is 0 Å². The van der Waals surface area contributed by atoms with Crippen molar-refractivity contribution in [1.29, 1.82) is 0 Å². The van der Waals surface area contributed by atoms with Crippen LogP contribution in [-0.4, -0.2) is 22.8 Å². The van der Waals surface area contributed by atoms with E-state index < -0.39 is 0 Å². The van der Waals surface area contributed by atoms with Crippen molar-refractivity contribution in [2.75, 3.05) is 6.61 Å². The second-order valence-corrected chi connectivity index (χ2v) is 21.8. The molecule has 2 N–H and O–H groups in total. The third-order valence-electron chi connectivity index (χ3n) is 11.7. The monoisotopic (exact) mass is 827 g/mol. The molecule has 0 aromatic heterocycles. The van der Waals surface area contributed by atoms with E-state index in [9.17, 15) is 15.0 Å². The van der Waals surface area contributed by atoms with Crippen LogP contribution in [0.4, 0.5) is 0 Å². The average molecular weight is 827 g/mol. The standard InChI is InChI=1S/C35H62O3.C21H28O/c1-8-9-10-11-12-13-14-15-16-17-18-19-20-21-22-23-26-38-32(36)25-24-29-27-30(34(2,3)4)33(37)31(28-29)35(5,6)7;1-20(2,3)17-13-16(12-15-10-8-7-9-11-15)14-18(19(17)22)21(4,5)6/h27-28,37H,8-26H2,1-7H3;7-11,13-14,22H,12H2,1-6H3. The van der Waals surface area contributed by atoms with Crippen molar-refractivity contribution in [3.05, 3.63) is 93.5 Å². The van der Waals surface area contributed by atoms with Crippen molar-refractivity contribution in [2.45, 2.75) is 234 Å². The van der Waals surface area contributed by atoms with E-state index in [1.165, 1.54) is 101 Å². The van der Waals surface area contributed by atoms with Gasteiger partial charge in [-0.15, -0.1) is 0 Å². The summed E-state index contributed by atoms with van der Waals surface area (Å²) in [6.07, 6.45) is 23.4. The maximum atomic E-state index is 12.3. The number of carbonyl (C=O) groups is 1. The SMILES string of the molecule is CC(C)(C)c1cc(Cc2ccccc2)cc(C(C)(C)C)c1O.CCCCCCCCCCCCCCCCCCOC(=O)CCc1cc(C(C)(C)C)c(O)c(C(C)(C)C)c1. The van der Waals surface area contributed by atoms with Crippen LogP contribution in [0.2, 0.25) is 0 Å². The number of carbonyl (C=O) groups excluding carboxylic acids is 1. The van der Waals surface area contributed by atoms with Crippen LogP contribution in [0.1, 0.15) is 238 Å². The number of aryl methyl sites for hydroxylation is 1.